The average Bonchev–Trinajstić information content (AvgIpc) is 3.26. The van der Waals surface area contributed by atoms with Crippen molar-refractivity contribution in [2.45, 2.75) is 104 Å². The van der Waals surface area contributed by atoms with E-state index in [0.717, 1.165) is 52.6 Å². The van der Waals surface area contributed by atoms with E-state index in [2.05, 4.69) is 23.1 Å². The maximum Gasteiger partial charge on any atom is 0.420 e. The van der Waals surface area contributed by atoms with Crippen LogP contribution >= 0.6 is 0 Å². The van der Waals surface area contributed by atoms with Gasteiger partial charge in [0, 0.05) is 36.7 Å². The number of amides is 1. The highest BCUT2D eigenvalue weighted by molar-refractivity contribution is 5.99. The number of pyridine rings is 1. The fraction of sp³-hybridized carbons (Fsp3) is 0.559. The number of nitrogens with zero attached hydrogens (tertiary/aromatic N) is 3. The summed E-state index contributed by atoms with van der Waals surface area (Å²) in [6.45, 7) is 16.2. The van der Waals surface area contributed by atoms with E-state index < -0.39 is 17.1 Å². The highest BCUT2D eigenvalue weighted by Crippen LogP contribution is 2.42. The van der Waals surface area contributed by atoms with Crippen LogP contribution < -0.4 is 0 Å². The third-order valence-electron chi connectivity index (χ3n) is 8.91. The molecular weight excluding hydrogens is 514 g/mol. The van der Waals surface area contributed by atoms with E-state index in [0.29, 0.717) is 23.3 Å². The minimum atomic E-state index is -0.799. The Labute approximate surface area is 243 Å². The third kappa shape index (κ3) is 5.41. The molecule has 7 nitrogen and oxygen atoms in total. The number of aliphatic hydroxyl groups excluding tert-OH is 1. The fourth-order valence-corrected chi connectivity index (χ4v) is 6.80. The van der Waals surface area contributed by atoms with E-state index in [1.54, 1.807) is 10.8 Å². The smallest absolute Gasteiger partial charge is 0.420 e. The SMILES string of the molecule is Cc1cc(C)cc(-c2c([C@H](C)CO)c3cc(C(C)(C)C(=O)N4CC5CCC4CC5)cnc3n2C(=O)OC(C)(C)C)c1. The van der Waals surface area contributed by atoms with Crippen molar-refractivity contribution in [3.63, 3.8) is 0 Å². The summed E-state index contributed by atoms with van der Waals surface area (Å²) < 4.78 is 7.44. The highest BCUT2D eigenvalue weighted by atomic mass is 16.6. The molecule has 2 bridgehead atoms. The molecule has 3 aromatic rings. The number of aryl methyl sites for hydroxylation is 2. The molecule has 1 aromatic carbocycles. The molecule has 41 heavy (non-hydrogen) atoms. The normalized spacial score (nSPS) is 20.0. The van der Waals surface area contributed by atoms with Gasteiger partial charge in [0.15, 0.2) is 0 Å². The van der Waals surface area contributed by atoms with Crippen LogP contribution in [0.2, 0.25) is 0 Å². The van der Waals surface area contributed by atoms with Crippen LogP contribution in [-0.2, 0) is 14.9 Å². The molecule has 1 aliphatic carbocycles. The summed E-state index contributed by atoms with van der Waals surface area (Å²) >= 11 is 0. The lowest BCUT2D eigenvalue weighted by Gasteiger charge is -2.47. The quantitative estimate of drug-likeness (QED) is 0.368. The molecule has 1 atom stereocenters. The summed E-state index contributed by atoms with van der Waals surface area (Å²) in [5.74, 6) is 0.442. The van der Waals surface area contributed by atoms with Gasteiger partial charge in [-0.25, -0.2) is 14.3 Å². The first-order valence-corrected chi connectivity index (χ1v) is 15.0. The number of piperidine rings is 2. The van der Waals surface area contributed by atoms with Crippen LogP contribution in [0.5, 0.6) is 0 Å². The van der Waals surface area contributed by atoms with Crippen LogP contribution in [-0.4, -0.2) is 56.4 Å². The molecule has 220 valence electrons. The number of carbonyl (C=O) groups excluding carboxylic acids is 2. The van der Waals surface area contributed by atoms with E-state index in [1.165, 1.54) is 12.8 Å². The van der Waals surface area contributed by atoms with Gasteiger partial charge in [0.2, 0.25) is 5.91 Å². The zero-order valence-electron chi connectivity index (χ0n) is 25.9. The van der Waals surface area contributed by atoms with Crippen molar-refractivity contribution in [2.24, 2.45) is 5.92 Å². The standard InChI is InChI=1S/C34H45N3O4/c1-20-13-21(2)15-24(14-20)29-28(22(3)19-38)27-16-25(17-35-30(27)37(29)32(40)41-33(4,5)6)34(7,8)31(39)36-18-23-9-11-26(36)12-10-23/h13-17,22-23,26,38H,9-12,18-19H2,1-8H3/t22-,23?,26?/m1/s1. The molecule has 1 saturated carbocycles. The fourth-order valence-electron chi connectivity index (χ4n) is 6.80. The average molecular weight is 560 g/mol. The summed E-state index contributed by atoms with van der Waals surface area (Å²) in [5, 5.41) is 11.2. The lowest BCUT2D eigenvalue weighted by Crippen LogP contribution is -2.55. The van der Waals surface area contributed by atoms with Gasteiger partial charge in [-0.05, 0) is 115 Å². The van der Waals surface area contributed by atoms with Crippen LogP contribution in [0.4, 0.5) is 4.79 Å². The Hall–Kier alpha value is -3.19. The van der Waals surface area contributed by atoms with Crippen LogP contribution in [0.3, 0.4) is 0 Å². The number of carbonyl (C=O) groups is 2. The predicted octanol–water partition coefficient (Wildman–Crippen LogP) is 6.88. The van der Waals surface area contributed by atoms with Crippen LogP contribution in [0, 0.1) is 19.8 Å². The molecule has 3 fully saturated rings. The van der Waals surface area contributed by atoms with E-state index in [1.807, 2.05) is 61.5 Å². The highest BCUT2D eigenvalue weighted by Gasteiger charge is 2.43. The van der Waals surface area contributed by atoms with Crippen molar-refractivity contribution in [1.82, 2.24) is 14.5 Å². The van der Waals surface area contributed by atoms with Gasteiger partial charge in [0.1, 0.15) is 11.2 Å². The number of rotatable bonds is 5. The van der Waals surface area contributed by atoms with Gasteiger partial charge in [-0.3, -0.25) is 4.79 Å². The van der Waals surface area contributed by atoms with E-state index in [9.17, 15) is 14.7 Å². The van der Waals surface area contributed by atoms with Crippen LogP contribution in [0.15, 0.2) is 30.5 Å². The largest absolute Gasteiger partial charge is 0.443 e. The minimum Gasteiger partial charge on any atom is -0.443 e. The van der Waals surface area contributed by atoms with Gasteiger partial charge in [-0.2, -0.15) is 0 Å². The Morgan fingerprint density at radius 1 is 1.02 bits per heavy atom. The molecule has 0 radical (unpaired) electrons. The zero-order valence-corrected chi connectivity index (χ0v) is 25.9. The van der Waals surface area contributed by atoms with Crippen molar-refractivity contribution in [2.75, 3.05) is 13.2 Å². The molecule has 2 aromatic heterocycles. The Morgan fingerprint density at radius 2 is 1.66 bits per heavy atom. The second-order valence-corrected chi connectivity index (χ2v) is 13.9. The molecule has 4 heterocycles. The first kappa shape index (κ1) is 29.3. The van der Waals surface area contributed by atoms with Gasteiger partial charge in [-0.15, -0.1) is 0 Å². The maximum absolute atomic E-state index is 14.0. The molecular formula is C34H45N3O4. The topological polar surface area (TPSA) is 84.7 Å². The number of aromatic nitrogens is 2. The van der Waals surface area contributed by atoms with Crippen molar-refractivity contribution in [3.05, 3.63) is 52.7 Å². The van der Waals surface area contributed by atoms with Crippen molar-refractivity contribution in [1.29, 1.82) is 0 Å². The number of ether oxygens (including phenoxy) is 1. The molecule has 1 N–H and O–H groups in total. The third-order valence-corrected chi connectivity index (χ3v) is 8.91. The molecule has 3 aliphatic rings. The van der Waals surface area contributed by atoms with E-state index >= 15 is 0 Å². The molecule has 2 aliphatic heterocycles. The second-order valence-electron chi connectivity index (χ2n) is 13.9. The first-order valence-electron chi connectivity index (χ1n) is 15.0. The zero-order chi connectivity index (χ0) is 29.9. The lowest BCUT2D eigenvalue weighted by molar-refractivity contribution is -0.144. The number of benzene rings is 1. The van der Waals surface area contributed by atoms with Crippen LogP contribution in [0.1, 0.15) is 95.4 Å². The van der Waals surface area contributed by atoms with E-state index in [4.69, 9.17) is 9.72 Å². The minimum absolute atomic E-state index is 0.103. The van der Waals surface area contributed by atoms with Gasteiger partial charge in [0.25, 0.3) is 0 Å². The summed E-state index contributed by atoms with van der Waals surface area (Å²) in [7, 11) is 0. The number of hydrogen-bond acceptors (Lipinski definition) is 5. The number of aliphatic hydroxyl groups is 1. The summed E-state index contributed by atoms with van der Waals surface area (Å²) in [6, 6.07) is 8.52. The van der Waals surface area contributed by atoms with Crippen molar-refractivity contribution < 1.29 is 19.4 Å². The molecule has 1 amide bonds. The maximum atomic E-state index is 14.0. The van der Waals surface area contributed by atoms with Gasteiger partial charge in [-0.1, -0.05) is 24.1 Å². The monoisotopic (exact) mass is 559 g/mol. The van der Waals surface area contributed by atoms with Crippen molar-refractivity contribution >= 4 is 23.0 Å². The van der Waals surface area contributed by atoms with Gasteiger partial charge >= 0.3 is 6.09 Å². The lowest BCUT2D eigenvalue weighted by atomic mass is 9.76. The van der Waals surface area contributed by atoms with Gasteiger partial charge in [0.05, 0.1) is 11.1 Å². The molecule has 7 heteroatoms. The Kier molecular flexibility index (Phi) is 7.56. The summed E-state index contributed by atoms with van der Waals surface area (Å²) in [5.41, 5.74) is 4.26. The number of hydrogen-bond donors (Lipinski definition) is 1. The Bertz CT molecular complexity index is 1470. The molecule has 2 saturated heterocycles. The molecule has 6 rings (SSSR count). The number of fused-ring (bicyclic) bond motifs is 4. The summed E-state index contributed by atoms with van der Waals surface area (Å²) in [4.78, 5) is 34.8. The van der Waals surface area contributed by atoms with Crippen LogP contribution in [0.25, 0.3) is 22.3 Å². The Balaban J connectivity index is 1.72. The first-order chi connectivity index (χ1) is 19.2. The van der Waals surface area contributed by atoms with E-state index in [-0.39, 0.29) is 18.4 Å². The second kappa shape index (κ2) is 10.6. The van der Waals surface area contributed by atoms with Gasteiger partial charge < -0.3 is 14.7 Å². The summed E-state index contributed by atoms with van der Waals surface area (Å²) in [6.07, 6.45) is 5.81. The molecule has 0 spiro atoms. The molecule has 0 unspecified atom stereocenters. The Morgan fingerprint density at radius 3 is 2.20 bits per heavy atom. The van der Waals surface area contributed by atoms with Crippen molar-refractivity contribution in [3.8, 4) is 11.3 Å². The predicted molar refractivity (Wildman–Crippen MR) is 162 cm³/mol.